The van der Waals surface area contributed by atoms with Crippen LogP contribution in [0.4, 0.5) is 5.69 Å². The lowest BCUT2D eigenvalue weighted by Gasteiger charge is -2.21. The van der Waals surface area contributed by atoms with Gasteiger partial charge in [-0.25, -0.2) is 0 Å². The summed E-state index contributed by atoms with van der Waals surface area (Å²) in [5, 5.41) is 0. The predicted molar refractivity (Wildman–Crippen MR) is 91.8 cm³/mol. The summed E-state index contributed by atoms with van der Waals surface area (Å²) < 4.78 is 6.23. The summed E-state index contributed by atoms with van der Waals surface area (Å²) in [7, 11) is 3.76. The minimum atomic E-state index is 0.0281. The van der Waals surface area contributed by atoms with Crippen molar-refractivity contribution in [1.82, 2.24) is 0 Å². The summed E-state index contributed by atoms with van der Waals surface area (Å²) in [6.07, 6.45) is 0. The Morgan fingerprint density at radius 3 is 2.38 bits per heavy atom. The van der Waals surface area contributed by atoms with Crippen LogP contribution in [0.3, 0.4) is 0 Å². The summed E-state index contributed by atoms with van der Waals surface area (Å²) in [5.74, 6) is 0.880. The average Bonchev–Trinajstić information content (AvgIpc) is 2.47. The molecule has 0 unspecified atom stereocenters. The van der Waals surface area contributed by atoms with Gasteiger partial charge in [0.25, 0.3) is 0 Å². The summed E-state index contributed by atoms with van der Waals surface area (Å²) in [5.41, 5.74) is 9.45. The minimum Gasteiger partial charge on any atom is -0.497 e. The molecule has 2 aromatic carbocycles. The maximum atomic E-state index is 5.94. The van der Waals surface area contributed by atoms with E-state index in [1.165, 1.54) is 5.56 Å². The SMILES string of the molecule is COc1ccc(CN(C)c2ccc([C@H](C)N)c(Br)c2)cc1. The van der Waals surface area contributed by atoms with Crippen LogP contribution < -0.4 is 15.4 Å². The lowest BCUT2D eigenvalue weighted by molar-refractivity contribution is 0.414. The first-order valence-corrected chi connectivity index (χ1v) is 7.69. The maximum absolute atomic E-state index is 5.94. The van der Waals surface area contributed by atoms with Crippen molar-refractivity contribution in [2.45, 2.75) is 19.5 Å². The van der Waals surface area contributed by atoms with Gasteiger partial charge >= 0.3 is 0 Å². The van der Waals surface area contributed by atoms with E-state index >= 15 is 0 Å². The molecule has 0 aromatic heterocycles. The van der Waals surface area contributed by atoms with Crippen molar-refractivity contribution in [3.8, 4) is 5.75 Å². The van der Waals surface area contributed by atoms with Gasteiger partial charge in [-0.3, -0.25) is 0 Å². The van der Waals surface area contributed by atoms with Crippen LogP contribution in [-0.2, 0) is 6.54 Å². The molecule has 0 aliphatic heterocycles. The van der Waals surface area contributed by atoms with Crippen LogP contribution in [0.25, 0.3) is 0 Å². The Morgan fingerprint density at radius 1 is 1.19 bits per heavy atom. The predicted octanol–water partition coefficient (Wildman–Crippen LogP) is 4.11. The van der Waals surface area contributed by atoms with Gasteiger partial charge in [0.15, 0.2) is 0 Å². The van der Waals surface area contributed by atoms with Crippen molar-refractivity contribution in [3.05, 3.63) is 58.1 Å². The number of anilines is 1. The standard InChI is InChI=1S/C17H21BrN2O/c1-12(19)16-9-6-14(10-17(16)18)20(2)11-13-4-7-15(21-3)8-5-13/h4-10,12H,11,19H2,1-3H3/t12-/m0/s1. The summed E-state index contributed by atoms with van der Waals surface area (Å²) in [4.78, 5) is 2.21. The fourth-order valence-corrected chi connectivity index (χ4v) is 2.95. The van der Waals surface area contributed by atoms with E-state index in [0.717, 1.165) is 28.0 Å². The second-order valence-corrected chi connectivity index (χ2v) is 6.05. The Balaban J connectivity index is 2.12. The highest BCUT2D eigenvalue weighted by atomic mass is 79.9. The molecule has 21 heavy (non-hydrogen) atoms. The third-order valence-corrected chi connectivity index (χ3v) is 4.18. The molecule has 0 amide bonds. The number of hydrogen-bond acceptors (Lipinski definition) is 3. The molecule has 0 saturated heterocycles. The molecule has 2 N–H and O–H groups in total. The minimum absolute atomic E-state index is 0.0281. The number of nitrogens with zero attached hydrogens (tertiary/aromatic N) is 1. The molecule has 1 atom stereocenters. The van der Waals surface area contributed by atoms with Crippen LogP contribution >= 0.6 is 15.9 Å². The quantitative estimate of drug-likeness (QED) is 0.883. The number of benzene rings is 2. The van der Waals surface area contributed by atoms with E-state index in [2.05, 4.69) is 58.2 Å². The first-order chi connectivity index (χ1) is 10.0. The summed E-state index contributed by atoms with van der Waals surface area (Å²) >= 11 is 3.60. The third kappa shape index (κ3) is 3.99. The first kappa shape index (κ1) is 15.9. The fourth-order valence-electron chi connectivity index (χ4n) is 2.22. The van der Waals surface area contributed by atoms with Crippen molar-refractivity contribution < 1.29 is 4.74 Å². The van der Waals surface area contributed by atoms with Crippen LogP contribution in [0.5, 0.6) is 5.75 Å². The van der Waals surface area contributed by atoms with E-state index in [0.29, 0.717) is 0 Å². The second-order valence-electron chi connectivity index (χ2n) is 5.20. The van der Waals surface area contributed by atoms with E-state index in [4.69, 9.17) is 10.5 Å². The second kappa shape index (κ2) is 6.96. The molecule has 0 spiro atoms. The van der Waals surface area contributed by atoms with E-state index in [1.54, 1.807) is 7.11 Å². The van der Waals surface area contributed by atoms with Crippen LogP contribution in [0.1, 0.15) is 24.1 Å². The highest BCUT2D eigenvalue weighted by Crippen LogP contribution is 2.27. The van der Waals surface area contributed by atoms with Gasteiger partial charge in [0, 0.05) is 29.8 Å². The molecule has 0 aliphatic carbocycles. The van der Waals surface area contributed by atoms with Gasteiger partial charge in [-0.15, -0.1) is 0 Å². The topological polar surface area (TPSA) is 38.5 Å². The molecule has 2 aromatic rings. The number of methoxy groups -OCH3 is 1. The maximum Gasteiger partial charge on any atom is 0.118 e. The highest BCUT2D eigenvalue weighted by Gasteiger charge is 2.08. The third-order valence-electron chi connectivity index (χ3n) is 3.49. The molecule has 112 valence electrons. The Bertz CT molecular complexity index is 596. The summed E-state index contributed by atoms with van der Waals surface area (Å²) in [6.45, 7) is 2.83. The average molecular weight is 349 g/mol. The monoisotopic (exact) mass is 348 g/mol. The lowest BCUT2D eigenvalue weighted by atomic mass is 10.1. The van der Waals surface area contributed by atoms with Crippen molar-refractivity contribution in [2.24, 2.45) is 5.73 Å². The van der Waals surface area contributed by atoms with Crippen LogP contribution in [-0.4, -0.2) is 14.2 Å². The number of halogens is 1. The van der Waals surface area contributed by atoms with E-state index in [9.17, 15) is 0 Å². The number of hydrogen-bond donors (Lipinski definition) is 1. The zero-order valence-corrected chi connectivity index (χ0v) is 14.2. The van der Waals surface area contributed by atoms with Gasteiger partial charge < -0.3 is 15.4 Å². The smallest absolute Gasteiger partial charge is 0.118 e. The molecule has 0 saturated carbocycles. The van der Waals surface area contributed by atoms with Crippen molar-refractivity contribution >= 4 is 21.6 Å². The van der Waals surface area contributed by atoms with Gasteiger partial charge in [-0.1, -0.05) is 34.1 Å². The fraction of sp³-hybridized carbons (Fsp3) is 0.294. The van der Waals surface area contributed by atoms with Crippen LogP contribution in [0, 0.1) is 0 Å². The number of ether oxygens (including phenoxy) is 1. The Kier molecular flexibility index (Phi) is 5.26. The molecule has 2 rings (SSSR count). The molecule has 0 radical (unpaired) electrons. The highest BCUT2D eigenvalue weighted by molar-refractivity contribution is 9.10. The van der Waals surface area contributed by atoms with Gasteiger partial charge in [-0.05, 0) is 42.3 Å². The molecule has 0 fully saturated rings. The van der Waals surface area contributed by atoms with Gasteiger partial charge in [-0.2, -0.15) is 0 Å². The lowest BCUT2D eigenvalue weighted by Crippen LogP contribution is -2.16. The van der Waals surface area contributed by atoms with E-state index in [1.807, 2.05) is 19.1 Å². The van der Waals surface area contributed by atoms with Gasteiger partial charge in [0.1, 0.15) is 5.75 Å². The van der Waals surface area contributed by atoms with Crippen LogP contribution in [0.2, 0.25) is 0 Å². The molecule has 3 nitrogen and oxygen atoms in total. The number of nitrogens with two attached hydrogens (primary N) is 1. The largest absolute Gasteiger partial charge is 0.497 e. The van der Waals surface area contributed by atoms with Crippen molar-refractivity contribution in [3.63, 3.8) is 0 Å². The van der Waals surface area contributed by atoms with Crippen molar-refractivity contribution in [1.29, 1.82) is 0 Å². The zero-order valence-electron chi connectivity index (χ0n) is 12.6. The van der Waals surface area contributed by atoms with E-state index in [-0.39, 0.29) is 6.04 Å². The number of rotatable bonds is 5. The van der Waals surface area contributed by atoms with Crippen LogP contribution in [0.15, 0.2) is 46.9 Å². The molecular formula is C17H21BrN2O. The Hall–Kier alpha value is -1.52. The molecule has 0 heterocycles. The van der Waals surface area contributed by atoms with Gasteiger partial charge in [0.2, 0.25) is 0 Å². The normalized spacial score (nSPS) is 12.0. The zero-order chi connectivity index (χ0) is 15.4. The molecule has 4 heteroatoms. The summed E-state index contributed by atoms with van der Waals surface area (Å²) in [6, 6.07) is 14.5. The molecule has 0 aliphatic rings. The molecule has 0 bridgehead atoms. The van der Waals surface area contributed by atoms with Crippen molar-refractivity contribution in [2.75, 3.05) is 19.1 Å². The van der Waals surface area contributed by atoms with E-state index < -0.39 is 0 Å². The first-order valence-electron chi connectivity index (χ1n) is 6.90. The molecular weight excluding hydrogens is 328 g/mol. The Labute approximate surface area is 134 Å². The Morgan fingerprint density at radius 2 is 1.86 bits per heavy atom. The van der Waals surface area contributed by atoms with Gasteiger partial charge in [0.05, 0.1) is 7.11 Å².